The minimum atomic E-state index is -2.96. The van der Waals surface area contributed by atoms with Gasteiger partial charge in [0.05, 0.1) is 11.3 Å². The summed E-state index contributed by atoms with van der Waals surface area (Å²) >= 11 is 0. The van der Waals surface area contributed by atoms with Crippen LogP contribution in [0.5, 0.6) is 0 Å². The highest BCUT2D eigenvalue weighted by molar-refractivity contribution is 7.91. The predicted octanol–water partition coefficient (Wildman–Crippen LogP) is 1.89. The highest BCUT2D eigenvalue weighted by atomic mass is 32.2. The molecule has 0 aromatic rings. The van der Waals surface area contributed by atoms with Crippen molar-refractivity contribution in [2.45, 2.75) is 53.0 Å². The Morgan fingerprint density at radius 2 is 1.61 bits per heavy atom. The molecule has 0 amide bonds. The molecule has 108 valence electrons. The Labute approximate surface area is 112 Å². The van der Waals surface area contributed by atoms with Crippen LogP contribution < -0.4 is 0 Å². The van der Waals surface area contributed by atoms with Crippen molar-refractivity contribution in [2.24, 2.45) is 0 Å². The largest absolute Gasteiger partial charge is 0.298 e. The van der Waals surface area contributed by atoms with E-state index in [9.17, 15) is 13.2 Å². The van der Waals surface area contributed by atoms with Crippen molar-refractivity contribution in [3.05, 3.63) is 0 Å². The van der Waals surface area contributed by atoms with E-state index in [2.05, 4.69) is 4.90 Å². The van der Waals surface area contributed by atoms with E-state index < -0.39 is 15.4 Å². The Hall–Kier alpha value is -0.420. The quantitative estimate of drug-likeness (QED) is 0.646. The van der Waals surface area contributed by atoms with Crippen LogP contribution in [-0.2, 0) is 14.6 Å². The number of carbonyl (C=O) groups excluding carboxylic acids is 1. The summed E-state index contributed by atoms with van der Waals surface area (Å²) in [6.45, 7) is 11.2. The van der Waals surface area contributed by atoms with E-state index in [1.54, 1.807) is 6.92 Å². The van der Waals surface area contributed by atoms with Gasteiger partial charge in [0.25, 0.3) is 0 Å². The Morgan fingerprint density at radius 1 is 1.11 bits per heavy atom. The maximum Gasteiger partial charge on any atom is 0.152 e. The zero-order chi connectivity index (χ0) is 14.4. The number of sulfone groups is 1. The van der Waals surface area contributed by atoms with Gasteiger partial charge in [-0.25, -0.2) is 8.42 Å². The third-order valence-electron chi connectivity index (χ3n) is 3.54. The molecule has 0 heterocycles. The molecule has 0 saturated heterocycles. The molecule has 0 aliphatic heterocycles. The molecule has 0 aliphatic carbocycles. The molecule has 0 atom stereocenters. The summed E-state index contributed by atoms with van der Waals surface area (Å²) < 4.78 is 22.7. The van der Waals surface area contributed by atoms with Crippen molar-refractivity contribution in [1.29, 1.82) is 0 Å². The van der Waals surface area contributed by atoms with Gasteiger partial charge in [-0.1, -0.05) is 20.8 Å². The number of ketones is 1. The molecule has 0 bridgehead atoms. The lowest BCUT2D eigenvalue weighted by Crippen LogP contribution is -2.49. The maximum atomic E-state index is 12.2. The highest BCUT2D eigenvalue weighted by Gasteiger charge is 2.31. The highest BCUT2D eigenvalue weighted by Crippen LogP contribution is 2.18. The van der Waals surface area contributed by atoms with Gasteiger partial charge in [-0.3, -0.25) is 9.69 Å². The Bertz CT molecular complexity index is 356. The van der Waals surface area contributed by atoms with Gasteiger partial charge < -0.3 is 0 Å². The summed E-state index contributed by atoms with van der Waals surface area (Å²) in [5, 5.41) is 0. The molecule has 0 unspecified atom stereocenters. The van der Waals surface area contributed by atoms with E-state index in [-0.39, 0.29) is 17.3 Å². The van der Waals surface area contributed by atoms with Crippen LogP contribution in [0.1, 0.15) is 47.5 Å². The minimum absolute atomic E-state index is 0.115. The fraction of sp³-hybridized carbons (Fsp3) is 0.923. The van der Waals surface area contributed by atoms with E-state index in [0.717, 1.165) is 13.1 Å². The Morgan fingerprint density at radius 3 is 2.00 bits per heavy atom. The van der Waals surface area contributed by atoms with E-state index >= 15 is 0 Å². The second kappa shape index (κ2) is 7.24. The Kier molecular flexibility index (Phi) is 7.07. The number of hydrogen-bond acceptors (Lipinski definition) is 4. The normalized spacial score (nSPS) is 13.0. The molecule has 0 fully saturated rings. The lowest BCUT2D eigenvalue weighted by molar-refractivity contribution is -0.129. The average molecular weight is 277 g/mol. The van der Waals surface area contributed by atoms with Crippen molar-refractivity contribution in [3.8, 4) is 0 Å². The van der Waals surface area contributed by atoms with Gasteiger partial charge in [-0.05, 0) is 33.4 Å². The zero-order valence-electron chi connectivity index (χ0n) is 12.3. The van der Waals surface area contributed by atoms with Gasteiger partial charge in [-0.2, -0.15) is 0 Å². The summed E-state index contributed by atoms with van der Waals surface area (Å²) in [6, 6.07) is 0. The van der Waals surface area contributed by atoms with Crippen LogP contribution in [-0.4, -0.2) is 49.2 Å². The van der Waals surface area contributed by atoms with Crippen molar-refractivity contribution in [3.63, 3.8) is 0 Å². The molecular weight excluding hydrogens is 250 g/mol. The lowest BCUT2D eigenvalue weighted by atomic mass is 9.93. The lowest BCUT2D eigenvalue weighted by Gasteiger charge is -2.35. The van der Waals surface area contributed by atoms with Gasteiger partial charge in [0.2, 0.25) is 0 Å². The van der Waals surface area contributed by atoms with Crippen LogP contribution in [0, 0.1) is 0 Å². The van der Waals surface area contributed by atoms with E-state index in [1.165, 1.54) is 0 Å². The topological polar surface area (TPSA) is 54.5 Å². The van der Waals surface area contributed by atoms with Gasteiger partial charge in [0, 0.05) is 12.2 Å². The molecule has 0 saturated carbocycles. The first-order valence-electron chi connectivity index (χ1n) is 6.70. The second-order valence-corrected chi connectivity index (χ2v) is 7.47. The molecule has 0 aromatic carbocycles. The van der Waals surface area contributed by atoms with Crippen molar-refractivity contribution < 1.29 is 13.2 Å². The van der Waals surface area contributed by atoms with Gasteiger partial charge in [0.15, 0.2) is 5.78 Å². The van der Waals surface area contributed by atoms with Crippen LogP contribution in [0.25, 0.3) is 0 Å². The molecule has 4 nitrogen and oxygen atoms in total. The minimum Gasteiger partial charge on any atom is -0.298 e. The summed E-state index contributed by atoms with van der Waals surface area (Å²) in [7, 11) is -2.96. The molecule has 0 aromatic heterocycles. The summed E-state index contributed by atoms with van der Waals surface area (Å²) in [5.74, 6) is 0.391. The van der Waals surface area contributed by atoms with Crippen LogP contribution in [0.4, 0.5) is 0 Å². The summed E-state index contributed by atoms with van der Waals surface area (Å²) in [4.78, 5) is 14.3. The van der Waals surface area contributed by atoms with E-state index in [4.69, 9.17) is 0 Å². The fourth-order valence-electron chi connectivity index (χ4n) is 2.09. The fourth-order valence-corrected chi connectivity index (χ4v) is 2.97. The van der Waals surface area contributed by atoms with E-state index in [1.807, 2.05) is 27.7 Å². The number of hydrogen-bond donors (Lipinski definition) is 0. The molecule has 5 heteroatoms. The number of likely N-dealkylation sites (N-methyl/N-ethyl adjacent to an activating group) is 1. The molecule has 0 spiro atoms. The SMILES string of the molecule is CCN(CC)C(C)(C)C(=O)CCCS(=O)(=O)CC. The molecule has 0 rings (SSSR count). The van der Waals surface area contributed by atoms with Crippen LogP contribution in [0.2, 0.25) is 0 Å². The van der Waals surface area contributed by atoms with Crippen LogP contribution in [0.3, 0.4) is 0 Å². The second-order valence-electron chi connectivity index (χ2n) is 4.99. The van der Waals surface area contributed by atoms with Gasteiger partial charge in [0.1, 0.15) is 9.84 Å². The van der Waals surface area contributed by atoms with Gasteiger partial charge in [-0.15, -0.1) is 0 Å². The third-order valence-corrected chi connectivity index (χ3v) is 5.33. The molecule has 0 N–H and O–H groups in total. The van der Waals surface area contributed by atoms with Crippen molar-refractivity contribution in [2.75, 3.05) is 24.6 Å². The van der Waals surface area contributed by atoms with Crippen molar-refractivity contribution in [1.82, 2.24) is 4.90 Å². The molecular formula is C13H27NO3S. The number of rotatable bonds is 9. The van der Waals surface area contributed by atoms with Crippen molar-refractivity contribution >= 4 is 15.6 Å². The molecule has 0 aliphatic rings. The monoisotopic (exact) mass is 277 g/mol. The molecule has 18 heavy (non-hydrogen) atoms. The average Bonchev–Trinajstić information content (AvgIpc) is 2.29. The number of Topliss-reactive ketones (excluding diaryl/α,β-unsaturated/α-hetero) is 1. The summed E-state index contributed by atoms with van der Waals surface area (Å²) in [5.41, 5.74) is -0.501. The smallest absolute Gasteiger partial charge is 0.152 e. The Balaban J connectivity index is 4.41. The van der Waals surface area contributed by atoms with Crippen LogP contribution >= 0.6 is 0 Å². The first kappa shape index (κ1) is 17.6. The number of nitrogens with zero attached hydrogens (tertiary/aromatic N) is 1. The van der Waals surface area contributed by atoms with Crippen LogP contribution in [0.15, 0.2) is 0 Å². The first-order valence-corrected chi connectivity index (χ1v) is 8.52. The maximum absolute atomic E-state index is 12.2. The standard InChI is InChI=1S/C13H27NO3S/c1-6-14(7-2)13(4,5)12(15)10-9-11-18(16,17)8-3/h6-11H2,1-5H3. The predicted molar refractivity (Wildman–Crippen MR) is 75.6 cm³/mol. The molecule has 0 radical (unpaired) electrons. The third kappa shape index (κ3) is 5.06. The number of carbonyl (C=O) groups is 1. The first-order chi connectivity index (χ1) is 8.21. The summed E-state index contributed by atoms with van der Waals surface area (Å²) in [6.07, 6.45) is 0.766. The zero-order valence-corrected chi connectivity index (χ0v) is 13.1. The van der Waals surface area contributed by atoms with Gasteiger partial charge >= 0.3 is 0 Å². The van der Waals surface area contributed by atoms with E-state index in [0.29, 0.717) is 12.8 Å².